The zero-order valence-corrected chi connectivity index (χ0v) is 11.5. The van der Waals surface area contributed by atoms with Gasteiger partial charge in [0.1, 0.15) is 0 Å². The van der Waals surface area contributed by atoms with Crippen LogP contribution in [0.1, 0.15) is 37.8 Å². The molecule has 0 bridgehead atoms. The number of ether oxygens (including phenoxy) is 1. The summed E-state index contributed by atoms with van der Waals surface area (Å²) in [6.07, 6.45) is 3.00. The number of hydrogen-bond acceptors (Lipinski definition) is 2. The van der Waals surface area contributed by atoms with Crippen LogP contribution in [0.3, 0.4) is 0 Å². The number of benzene rings is 1. The van der Waals surface area contributed by atoms with Gasteiger partial charge in [0.25, 0.3) is 0 Å². The number of rotatable bonds is 3. The fourth-order valence-corrected chi connectivity index (χ4v) is 2.74. The number of hydrogen-bond donors (Lipinski definition) is 1. The van der Waals surface area contributed by atoms with Crippen molar-refractivity contribution in [2.45, 2.75) is 32.2 Å². The highest BCUT2D eigenvalue weighted by Crippen LogP contribution is 2.38. The second-order valence-corrected chi connectivity index (χ2v) is 5.12. The van der Waals surface area contributed by atoms with E-state index in [4.69, 9.17) is 4.74 Å². The van der Waals surface area contributed by atoms with E-state index in [-0.39, 0.29) is 11.9 Å². The fraction of sp³-hybridized carbons (Fsp3) is 0.538. The van der Waals surface area contributed by atoms with Crippen LogP contribution in [-0.4, -0.2) is 13.2 Å². The Balaban J connectivity index is 2.36. The molecule has 94 valence electrons. The summed E-state index contributed by atoms with van der Waals surface area (Å²) in [6.45, 7) is 3.65. The maximum Gasteiger partial charge on any atom is 0.165 e. The van der Waals surface area contributed by atoms with E-state index < -0.39 is 0 Å². The normalized spacial score (nSPS) is 19.4. The van der Waals surface area contributed by atoms with Crippen LogP contribution in [0.2, 0.25) is 0 Å². The zero-order valence-electron chi connectivity index (χ0n) is 9.93. The molecule has 1 unspecified atom stereocenters. The third-order valence-corrected chi connectivity index (χ3v) is 3.66. The van der Waals surface area contributed by atoms with Crippen LogP contribution in [0.5, 0.6) is 5.75 Å². The Kier molecular flexibility index (Phi) is 4.40. The van der Waals surface area contributed by atoms with Crippen LogP contribution in [0.4, 0.5) is 4.39 Å². The van der Waals surface area contributed by atoms with Crippen LogP contribution in [0, 0.1) is 5.82 Å². The zero-order chi connectivity index (χ0) is 12.3. The van der Waals surface area contributed by atoms with Gasteiger partial charge in [0.2, 0.25) is 0 Å². The summed E-state index contributed by atoms with van der Waals surface area (Å²) in [7, 11) is 0. The average molecular weight is 302 g/mol. The first-order chi connectivity index (χ1) is 8.24. The van der Waals surface area contributed by atoms with Gasteiger partial charge in [0, 0.05) is 16.1 Å². The molecule has 4 heteroatoms. The van der Waals surface area contributed by atoms with Gasteiger partial charge in [-0.15, -0.1) is 0 Å². The van der Waals surface area contributed by atoms with E-state index >= 15 is 0 Å². The lowest BCUT2D eigenvalue weighted by Crippen LogP contribution is -2.22. The number of fused-ring (bicyclic) bond motifs is 1. The summed E-state index contributed by atoms with van der Waals surface area (Å²) in [5, 5.41) is 3.46. The first-order valence-electron chi connectivity index (χ1n) is 6.08. The summed E-state index contributed by atoms with van der Waals surface area (Å²) >= 11 is 3.50. The second kappa shape index (κ2) is 5.83. The quantitative estimate of drug-likeness (QED) is 0.917. The molecule has 1 aromatic carbocycles. The minimum Gasteiger partial charge on any atom is -0.490 e. The van der Waals surface area contributed by atoms with Crippen molar-refractivity contribution >= 4 is 15.9 Å². The monoisotopic (exact) mass is 301 g/mol. The summed E-state index contributed by atoms with van der Waals surface area (Å²) in [4.78, 5) is 0. The second-order valence-electron chi connectivity index (χ2n) is 4.27. The topological polar surface area (TPSA) is 21.3 Å². The molecule has 0 aromatic heterocycles. The Morgan fingerprint density at radius 3 is 3.12 bits per heavy atom. The van der Waals surface area contributed by atoms with E-state index in [2.05, 4.69) is 28.2 Å². The molecule has 1 heterocycles. The van der Waals surface area contributed by atoms with Crippen molar-refractivity contribution < 1.29 is 9.13 Å². The summed E-state index contributed by atoms with van der Waals surface area (Å²) in [5.41, 5.74) is 0.927. The number of nitrogens with one attached hydrogen (secondary N) is 1. The Hall–Kier alpha value is -0.610. The third kappa shape index (κ3) is 2.80. The molecule has 2 rings (SSSR count). The molecule has 0 saturated carbocycles. The highest BCUT2D eigenvalue weighted by atomic mass is 79.9. The lowest BCUT2D eigenvalue weighted by molar-refractivity contribution is 0.300. The molecule has 0 saturated heterocycles. The van der Waals surface area contributed by atoms with E-state index in [1.165, 1.54) is 6.07 Å². The van der Waals surface area contributed by atoms with Gasteiger partial charge in [-0.25, -0.2) is 4.39 Å². The summed E-state index contributed by atoms with van der Waals surface area (Å²) in [5.74, 6) is 0.138. The predicted molar refractivity (Wildman–Crippen MR) is 69.9 cm³/mol. The largest absolute Gasteiger partial charge is 0.490 e. The highest BCUT2D eigenvalue weighted by molar-refractivity contribution is 9.10. The van der Waals surface area contributed by atoms with Crippen LogP contribution in [-0.2, 0) is 0 Å². The third-order valence-electron chi connectivity index (χ3n) is 2.97. The van der Waals surface area contributed by atoms with Crippen molar-refractivity contribution in [2.75, 3.05) is 13.2 Å². The Morgan fingerprint density at radius 2 is 2.35 bits per heavy atom. The van der Waals surface area contributed by atoms with Crippen molar-refractivity contribution in [3.63, 3.8) is 0 Å². The number of halogens is 2. The van der Waals surface area contributed by atoms with Crippen LogP contribution in [0.25, 0.3) is 0 Å². The van der Waals surface area contributed by atoms with Crippen molar-refractivity contribution in [1.29, 1.82) is 0 Å². The van der Waals surface area contributed by atoms with Crippen LogP contribution < -0.4 is 10.1 Å². The first-order valence-corrected chi connectivity index (χ1v) is 6.87. The minimum absolute atomic E-state index is 0.178. The predicted octanol–water partition coefficient (Wildman–Crippen LogP) is 3.80. The van der Waals surface area contributed by atoms with E-state index in [1.54, 1.807) is 6.07 Å². The molecule has 0 radical (unpaired) electrons. The van der Waals surface area contributed by atoms with Crippen molar-refractivity contribution in [1.82, 2.24) is 5.32 Å². The molecule has 17 heavy (non-hydrogen) atoms. The van der Waals surface area contributed by atoms with E-state index in [0.717, 1.165) is 35.8 Å². The van der Waals surface area contributed by atoms with Gasteiger partial charge in [-0.05, 0) is 37.9 Å². The van der Waals surface area contributed by atoms with E-state index in [9.17, 15) is 4.39 Å². The smallest absolute Gasteiger partial charge is 0.165 e. The molecule has 1 aliphatic rings. The Labute approximate surface area is 110 Å². The highest BCUT2D eigenvalue weighted by Gasteiger charge is 2.24. The van der Waals surface area contributed by atoms with Gasteiger partial charge >= 0.3 is 0 Å². The molecule has 0 fully saturated rings. The van der Waals surface area contributed by atoms with Crippen molar-refractivity contribution in [2.24, 2.45) is 0 Å². The fourth-order valence-electron chi connectivity index (χ4n) is 2.15. The molecule has 1 N–H and O–H groups in total. The van der Waals surface area contributed by atoms with E-state index in [1.807, 2.05) is 0 Å². The molecule has 0 aliphatic carbocycles. The molecule has 2 nitrogen and oxygen atoms in total. The van der Waals surface area contributed by atoms with Gasteiger partial charge in [-0.1, -0.05) is 22.9 Å². The summed E-state index contributed by atoms with van der Waals surface area (Å²) < 4.78 is 20.2. The molecule has 1 atom stereocenters. The lowest BCUT2D eigenvalue weighted by Gasteiger charge is -2.19. The van der Waals surface area contributed by atoms with Gasteiger partial charge < -0.3 is 10.1 Å². The Bertz CT molecular complexity index is 397. The molecule has 0 amide bonds. The maximum atomic E-state index is 13.8. The van der Waals surface area contributed by atoms with Crippen LogP contribution in [0.15, 0.2) is 16.6 Å². The molecular formula is C13H17BrFNO. The lowest BCUT2D eigenvalue weighted by atomic mass is 10.0. The SMILES string of the molecule is CCCNC1CCCOc2c(F)ccc(Br)c21. The Morgan fingerprint density at radius 1 is 1.53 bits per heavy atom. The maximum absolute atomic E-state index is 13.8. The molecular weight excluding hydrogens is 285 g/mol. The average Bonchev–Trinajstić information content (AvgIpc) is 2.54. The van der Waals surface area contributed by atoms with Gasteiger partial charge in [-0.2, -0.15) is 0 Å². The van der Waals surface area contributed by atoms with Gasteiger partial charge in [-0.3, -0.25) is 0 Å². The van der Waals surface area contributed by atoms with E-state index in [0.29, 0.717) is 12.4 Å². The van der Waals surface area contributed by atoms with Gasteiger partial charge in [0.05, 0.1) is 6.61 Å². The first kappa shape index (κ1) is 12.8. The van der Waals surface area contributed by atoms with Gasteiger partial charge in [0.15, 0.2) is 11.6 Å². The van der Waals surface area contributed by atoms with Crippen molar-refractivity contribution in [3.05, 3.63) is 28.0 Å². The van der Waals surface area contributed by atoms with Crippen LogP contribution >= 0.6 is 15.9 Å². The molecule has 1 aromatic rings. The summed E-state index contributed by atoms with van der Waals surface area (Å²) in [6, 6.07) is 3.38. The van der Waals surface area contributed by atoms with Crippen molar-refractivity contribution in [3.8, 4) is 5.75 Å². The molecule has 0 spiro atoms. The molecule has 1 aliphatic heterocycles. The standard InChI is InChI=1S/C13H17BrFNO/c1-2-7-16-11-4-3-8-17-13-10(15)6-5-9(14)12(11)13/h5-6,11,16H,2-4,7-8H2,1H3. The minimum atomic E-state index is -0.270.